The first-order valence-electron chi connectivity index (χ1n) is 5.98. The molecule has 0 aromatic heterocycles. The second-order valence-electron chi connectivity index (χ2n) is 3.90. The van der Waals surface area contributed by atoms with E-state index in [1.54, 1.807) is 0 Å². The Kier molecular flexibility index (Phi) is 6.10. The minimum absolute atomic E-state index is 0.106. The van der Waals surface area contributed by atoms with Crippen LogP contribution in [0.5, 0.6) is 0 Å². The van der Waals surface area contributed by atoms with Crippen molar-refractivity contribution in [2.75, 3.05) is 13.2 Å². The number of carbonyl (C=O) groups is 1. The minimum atomic E-state index is -0.349. The van der Waals surface area contributed by atoms with Gasteiger partial charge in [0.15, 0.2) is 0 Å². The lowest BCUT2D eigenvalue weighted by molar-refractivity contribution is 0.217. The standard InChI is InChI=1S/C13H20N2O2/c1-2-3-9-14-13(17)15-12(10-16)11-7-5-4-6-8-11/h4-8,12,16H,2-3,9-10H2,1H3,(H2,14,15,17)/t12-/m0/s1. The van der Waals surface area contributed by atoms with Crippen molar-refractivity contribution >= 4 is 6.03 Å². The zero-order valence-corrected chi connectivity index (χ0v) is 10.1. The van der Waals surface area contributed by atoms with Crippen LogP contribution < -0.4 is 10.6 Å². The third-order valence-electron chi connectivity index (χ3n) is 2.51. The summed E-state index contributed by atoms with van der Waals surface area (Å²) in [5.41, 5.74) is 0.903. The summed E-state index contributed by atoms with van der Waals surface area (Å²) in [7, 11) is 0. The summed E-state index contributed by atoms with van der Waals surface area (Å²) >= 11 is 0. The van der Waals surface area contributed by atoms with E-state index in [9.17, 15) is 9.90 Å². The second kappa shape index (κ2) is 7.68. The van der Waals surface area contributed by atoms with Gasteiger partial charge in [-0.15, -0.1) is 0 Å². The molecular formula is C13H20N2O2. The van der Waals surface area contributed by atoms with Crippen LogP contribution in [0.4, 0.5) is 4.79 Å². The van der Waals surface area contributed by atoms with Crippen LogP contribution in [0.15, 0.2) is 30.3 Å². The van der Waals surface area contributed by atoms with Gasteiger partial charge in [-0.1, -0.05) is 43.7 Å². The molecule has 1 aromatic carbocycles. The molecule has 0 bridgehead atoms. The first kappa shape index (κ1) is 13.5. The van der Waals surface area contributed by atoms with Crippen LogP contribution in [0.2, 0.25) is 0 Å². The van der Waals surface area contributed by atoms with Gasteiger partial charge in [-0.05, 0) is 12.0 Å². The molecular weight excluding hydrogens is 216 g/mol. The average Bonchev–Trinajstić information content (AvgIpc) is 2.37. The predicted molar refractivity (Wildman–Crippen MR) is 67.7 cm³/mol. The highest BCUT2D eigenvalue weighted by Gasteiger charge is 2.12. The third-order valence-corrected chi connectivity index (χ3v) is 2.51. The van der Waals surface area contributed by atoms with E-state index in [1.165, 1.54) is 0 Å². The predicted octanol–water partition coefficient (Wildman–Crippen LogP) is 1.82. The Hall–Kier alpha value is -1.55. The SMILES string of the molecule is CCCCNC(=O)N[C@@H](CO)c1ccccc1. The molecule has 1 rings (SSSR count). The second-order valence-corrected chi connectivity index (χ2v) is 3.90. The lowest BCUT2D eigenvalue weighted by Gasteiger charge is -2.17. The summed E-state index contributed by atoms with van der Waals surface area (Å²) < 4.78 is 0. The van der Waals surface area contributed by atoms with Crippen molar-refractivity contribution in [2.24, 2.45) is 0 Å². The number of urea groups is 1. The fourth-order valence-corrected chi connectivity index (χ4v) is 1.51. The van der Waals surface area contributed by atoms with Gasteiger partial charge in [0.2, 0.25) is 0 Å². The van der Waals surface area contributed by atoms with Gasteiger partial charge < -0.3 is 15.7 Å². The zero-order chi connectivity index (χ0) is 12.5. The van der Waals surface area contributed by atoms with E-state index in [1.807, 2.05) is 30.3 Å². The minimum Gasteiger partial charge on any atom is -0.394 e. The lowest BCUT2D eigenvalue weighted by Crippen LogP contribution is -2.39. The number of carbonyl (C=O) groups excluding carboxylic acids is 1. The first-order chi connectivity index (χ1) is 8.27. The Morgan fingerprint density at radius 1 is 1.35 bits per heavy atom. The van der Waals surface area contributed by atoms with E-state index in [0.717, 1.165) is 18.4 Å². The van der Waals surface area contributed by atoms with Crippen LogP contribution in [0.25, 0.3) is 0 Å². The largest absolute Gasteiger partial charge is 0.394 e. The molecule has 0 saturated heterocycles. The van der Waals surface area contributed by atoms with E-state index in [2.05, 4.69) is 17.6 Å². The maximum absolute atomic E-state index is 11.5. The molecule has 94 valence electrons. The summed E-state index contributed by atoms with van der Waals surface area (Å²) in [6.07, 6.45) is 2.00. The molecule has 0 spiro atoms. The molecule has 1 aromatic rings. The van der Waals surface area contributed by atoms with E-state index in [0.29, 0.717) is 6.54 Å². The third kappa shape index (κ3) is 4.87. The van der Waals surface area contributed by atoms with Crippen molar-refractivity contribution in [3.8, 4) is 0 Å². The first-order valence-corrected chi connectivity index (χ1v) is 5.98. The smallest absolute Gasteiger partial charge is 0.315 e. The van der Waals surface area contributed by atoms with Crippen molar-refractivity contribution in [3.05, 3.63) is 35.9 Å². The molecule has 0 aliphatic heterocycles. The fourth-order valence-electron chi connectivity index (χ4n) is 1.51. The maximum Gasteiger partial charge on any atom is 0.315 e. The molecule has 0 fully saturated rings. The highest BCUT2D eigenvalue weighted by atomic mass is 16.3. The number of benzene rings is 1. The summed E-state index contributed by atoms with van der Waals surface area (Å²) in [6, 6.07) is 8.85. The number of amides is 2. The van der Waals surface area contributed by atoms with Crippen LogP contribution in [-0.2, 0) is 0 Å². The van der Waals surface area contributed by atoms with Gasteiger partial charge in [0.05, 0.1) is 12.6 Å². The normalized spacial score (nSPS) is 11.9. The Balaban J connectivity index is 2.44. The monoisotopic (exact) mass is 236 g/mol. The molecule has 4 nitrogen and oxygen atoms in total. The van der Waals surface area contributed by atoms with E-state index < -0.39 is 0 Å². The quantitative estimate of drug-likeness (QED) is 0.660. The Morgan fingerprint density at radius 3 is 2.65 bits per heavy atom. The van der Waals surface area contributed by atoms with Gasteiger partial charge in [0.25, 0.3) is 0 Å². The molecule has 0 unspecified atom stereocenters. The molecule has 1 atom stereocenters. The Bertz CT molecular complexity index is 327. The van der Waals surface area contributed by atoms with Crippen LogP contribution in [0, 0.1) is 0 Å². The maximum atomic E-state index is 11.5. The highest BCUT2D eigenvalue weighted by molar-refractivity contribution is 5.74. The van der Waals surface area contributed by atoms with Crippen LogP contribution in [-0.4, -0.2) is 24.3 Å². The van der Waals surface area contributed by atoms with Gasteiger partial charge in [-0.2, -0.15) is 0 Å². The number of aliphatic hydroxyl groups excluding tert-OH is 1. The molecule has 4 heteroatoms. The van der Waals surface area contributed by atoms with E-state index in [-0.39, 0.29) is 18.7 Å². The van der Waals surface area contributed by atoms with Gasteiger partial charge in [-0.3, -0.25) is 0 Å². The van der Waals surface area contributed by atoms with Gasteiger partial charge in [-0.25, -0.2) is 4.79 Å². The molecule has 3 N–H and O–H groups in total. The van der Waals surface area contributed by atoms with Crippen molar-refractivity contribution in [3.63, 3.8) is 0 Å². The molecule has 17 heavy (non-hydrogen) atoms. The van der Waals surface area contributed by atoms with Gasteiger partial charge in [0.1, 0.15) is 0 Å². The summed E-state index contributed by atoms with van der Waals surface area (Å²) in [4.78, 5) is 11.5. The Labute approximate surface area is 102 Å². The number of hydrogen-bond donors (Lipinski definition) is 3. The fraction of sp³-hybridized carbons (Fsp3) is 0.462. The highest BCUT2D eigenvalue weighted by Crippen LogP contribution is 2.10. The summed E-state index contributed by atoms with van der Waals surface area (Å²) in [5, 5.41) is 14.8. The van der Waals surface area contributed by atoms with Crippen molar-refractivity contribution in [1.82, 2.24) is 10.6 Å². The van der Waals surface area contributed by atoms with Gasteiger partial charge >= 0.3 is 6.03 Å². The topological polar surface area (TPSA) is 61.4 Å². The van der Waals surface area contributed by atoms with Crippen molar-refractivity contribution < 1.29 is 9.90 Å². The van der Waals surface area contributed by atoms with Crippen LogP contribution in [0.1, 0.15) is 31.4 Å². The summed E-state index contributed by atoms with van der Waals surface area (Å²) in [5.74, 6) is 0. The van der Waals surface area contributed by atoms with E-state index >= 15 is 0 Å². The van der Waals surface area contributed by atoms with Crippen LogP contribution >= 0.6 is 0 Å². The molecule has 0 heterocycles. The molecule has 0 radical (unpaired) electrons. The summed E-state index contributed by atoms with van der Waals surface area (Å²) in [6.45, 7) is 2.63. The van der Waals surface area contributed by atoms with Crippen molar-refractivity contribution in [2.45, 2.75) is 25.8 Å². The Morgan fingerprint density at radius 2 is 2.06 bits per heavy atom. The number of aliphatic hydroxyl groups is 1. The molecule has 0 saturated carbocycles. The average molecular weight is 236 g/mol. The zero-order valence-electron chi connectivity index (χ0n) is 10.1. The molecule has 2 amide bonds. The van der Waals surface area contributed by atoms with E-state index in [4.69, 9.17) is 0 Å². The number of rotatable bonds is 6. The van der Waals surface area contributed by atoms with Gasteiger partial charge in [0, 0.05) is 6.54 Å². The molecule has 0 aliphatic rings. The number of hydrogen-bond acceptors (Lipinski definition) is 2. The van der Waals surface area contributed by atoms with Crippen molar-refractivity contribution in [1.29, 1.82) is 0 Å². The van der Waals surface area contributed by atoms with Crippen LogP contribution in [0.3, 0.4) is 0 Å². The lowest BCUT2D eigenvalue weighted by atomic mass is 10.1. The molecule has 0 aliphatic carbocycles. The number of unbranched alkanes of at least 4 members (excludes halogenated alkanes) is 1. The number of nitrogens with one attached hydrogen (secondary N) is 2.